The molecule has 0 bridgehead atoms. The van der Waals surface area contributed by atoms with Gasteiger partial charge in [-0.25, -0.2) is 4.98 Å². The third-order valence-corrected chi connectivity index (χ3v) is 4.12. The second-order valence-electron chi connectivity index (χ2n) is 6.03. The SMILES string of the molecule is Nc1cccc(-c2cc(Nc3cccnc3)nc(N3CCOCC3)n2)c1. The summed E-state index contributed by atoms with van der Waals surface area (Å²) in [6, 6.07) is 13.5. The average Bonchev–Trinajstić information content (AvgIpc) is 2.69. The quantitative estimate of drug-likeness (QED) is 0.701. The van der Waals surface area contributed by atoms with E-state index < -0.39 is 0 Å². The van der Waals surface area contributed by atoms with Gasteiger partial charge in [-0.15, -0.1) is 0 Å². The highest BCUT2D eigenvalue weighted by Gasteiger charge is 2.16. The number of benzene rings is 1. The van der Waals surface area contributed by atoms with Gasteiger partial charge in [-0.2, -0.15) is 4.98 Å². The Kier molecular flexibility index (Phi) is 4.61. The topological polar surface area (TPSA) is 89.2 Å². The van der Waals surface area contributed by atoms with Crippen molar-refractivity contribution in [3.63, 3.8) is 0 Å². The molecule has 1 saturated heterocycles. The van der Waals surface area contributed by atoms with E-state index in [1.165, 1.54) is 0 Å². The Morgan fingerprint density at radius 2 is 1.92 bits per heavy atom. The zero-order chi connectivity index (χ0) is 17.8. The Balaban J connectivity index is 1.73. The Labute approximate surface area is 151 Å². The molecular weight excluding hydrogens is 328 g/mol. The van der Waals surface area contributed by atoms with Crippen LogP contribution >= 0.6 is 0 Å². The van der Waals surface area contributed by atoms with Crippen LogP contribution in [0.4, 0.5) is 23.1 Å². The van der Waals surface area contributed by atoms with E-state index in [0.29, 0.717) is 30.7 Å². The number of hydrogen-bond acceptors (Lipinski definition) is 7. The van der Waals surface area contributed by atoms with Crippen LogP contribution in [0.5, 0.6) is 0 Å². The van der Waals surface area contributed by atoms with Crippen LogP contribution in [0.15, 0.2) is 54.9 Å². The Morgan fingerprint density at radius 1 is 1.04 bits per heavy atom. The van der Waals surface area contributed by atoms with E-state index in [1.807, 2.05) is 42.5 Å². The van der Waals surface area contributed by atoms with E-state index >= 15 is 0 Å². The maximum Gasteiger partial charge on any atom is 0.228 e. The number of hydrogen-bond donors (Lipinski definition) is 2. The molecule has 132 valence electrons. The first-order valence-electron chi connectivity index (χ1n) is 8.53. The summed E-state index contributed by atoms with van der Waals surface area (Å²) in [6.45, 7) is 2.90. The van der Waals surface area contributed by atoms with Crippen molar-refractivity contribution in [2.75, 3.05) is 42.3 Å². The minimum atomic E-state index is 0.678. The van der Waals surface area contributed by atoms with Crippen LogP contribution in [-0.4, -0.2) is 41.3 Å². The normalized spacial score (nSPS) is 14.2. The molecule has 0 saturated carbocycles. The minimum absolute atomic E-state index is 0.678. The second-order valence-corrected chi connectivity index (χ2v) is 6.03. The van der Waals surface area contributed by atoms with Crippen molar-refractivity contribution in [1.29, 1.82) is 0 Å². The van der Waals surface area contributed by atoms with Gasteiger partial charge in [0.15, 0.2) is 0 Å². The maximum atomic E-state index is 5.94. The number of aromatic nitrogens is 3. The lowest BCUT2D eigenvalue weighted by Crippen LogP contribution is -2.37. The number of morpholine rings is 1. The Bertz CT molecular complexity index is 880. The Hall–Kier alpha value is -3.19. The van der Waals surface area contributed by atoms with Gasteiger partial charge in [0.2, 0.25) is 5.95 Å². The van der Waals surface area contributed by atoms with Crippen LogP contribution in [0, 0.1) is 0 Å². The molecule has 0 amide bonds. The number of nitrogen functional groups attached to an aromatic ring is 1. The average molecular weight is 348 g/mol. The standard InChI is InChI=1S/C19H20N6O/c20-15-4-1-3-14(11-15)17-12-18(22-16-5-2-6-21-13-16)24-19(23-17)25-7-9-26-10-8-25/h1-6,11-13H,7-10,20H2,(H,22,23,24). The molecule has 0 unspecified atom stereocenters. The molecule has 1 aliphatic heterocycles. The maximum absolute atomic E-state index is 5.94. The van der Waals surface area contributed by atoms with Gasteiger partial charge in [0.05, 0.1) is 30.8 Å². The highest BCUT2D eigenvalue weighted by Crippen LogP contribution is 2.26. The lowest BCUT2D eigenvalue weighted by molar-refractivity contribution is 0.122. The molecule has 1 aromatic carbocycles. The van der Waals surface area contributed by atoms with Gasteiger partial charge in [-0.05, 0) is 24.3 Å². The first kappa shape index (κ1) is 16.3. The highest BCUT2D eigenvalue weighted by atomic mass is 16.5. The number of rotatable bonds is 4. The molecule has 1 aliphatic rings. The predicted molar refractivity (Wildman–Crippen MR) is 102 cm³/mol. The predicted octanol–water partition coefficient (Wildman–Crippen LogP) is 2.70. The number of nitrogens with zero attached hydrogens (tertiary/aromatic N) is 4. The number of nitrogens with one attached hydrogen (secondary N) is 1. The van der Waals surface area contributed by atoms with E-state index in [2.05, 4.69) is 20.2 Å². The van der Waals surface area contributed by atoms with Crippen LogP contribution in [-0.2, 0) is 4.74 Å². The first-order chi connectivity index (χ1) is 12.8. The number of ether oxygens (including phenoxy) is 1. The first-order valence-corrected chi connectivity index (χ1v) is 8.53. The zero-order valence-electron chi connectivity index (χ0n) is 14.3. The summed E-state index contributed by atoms with van der Waals surface area (Å²) in [4.78, 5) is 15.7. The largest absolute Gasteiger partial charge is 0.399 e. The van der Waals surface area contributed by atoms with Gasteiger partial charge in [-0.1, -0.05) is 12.1 Å². The summed E-state index contributed by atoms with van der Waals surface area (Å²) in [5, 5.41) is 3.31. The van der Waals surface area contributed by atoms with Crippen LogP contribution in [0.2, 0.25) is 0 Å². The molecule has 2 aromatic heterocycles. The van der Waals surface area contributed by atoms with Gasteiger partial charge >= 0.3 is 0 Å². The molecule has 3 aromatic rings. The van der Waals surface area contributed by atoms with Gasteiger partial charge in [0.25, 0.3) is 0 Å². The summed E-state index contributed by atoms with van der Waals surface area (Å²) >= 11 is 0. The minimum Gasteiger partial charge on any atom is -0.399 e. The van der Waals surface area contributed by atoms with Crippen molar-refractivity contribution in [3.8, 4) is 11.3 Å². The van der Waals surface area contributed by atoms with Crippen LogP contribution < -0.4 is 16.0 Å². The molecule has 0 radical (unpaired) electrons. The molecule has 0 atom stereocenters. The summed E-state index contributed by atoms with van der Waals surface area (Å²) < 4.78 is 5.44. The van der Waals surface area contributed by atoms with E-state index in [-0.39, 0.29) is 0 Å². The van der Waals surface area contributed by atoms with Crippen molar-refractivity contribution in [2.24, 2.45) is 0 Å². The van der Waals surface area contributed by atoms with Crippen LogP contribution in [0.25, 0.3) is 11.3 Å². The highest BCUT2D eigenvalue weighted by molar-refractivity contribution is 5.69. The van der Waals surface area contributed by atoms with Crippen LogP contribution in [0.1, 0.15) is 0 Å². The summed E-state index contributed by atoms with van der Waals surface area (Å²) in [7, 11) is 0. The fraction of sp³-hybridized carbons (Fsp3) is 0.211. The number of pyridine rings is 1. The zero-order valence-corrected chi connectivity index (χ0v) is 14.3. The van der Waals surface area contributed by atoms with E-state index in [0.717, 1.165) is 30.0 Å². The number of anilines is 4. The molecule has 3 N–H and O–H groups in total. The van der Waals surface area contributed by atoms with Gasteiger partial charge in [0, 0.05) is 36.6 Å². The molecule has 0 aliphatic carbocycles. The van der Waals surface area contributed by atoms with Crippen molar-refractivity contribution < 1.29 is 4.74 Å². The monoisotopic (exact) mass is 348 g/mol. The van der Waals surface area contributed by atoms with Crippen molar-refractivity contribution in [1.82, 2.24) is 15.0 Å². The van der Waals surface area contributed by atoms with E-state index in [9.17, 15) is 0 Å². The summed E-state index contributed by atoms with van der Waals surface area (Å²) in [6.07, 6.45) is 3.50. The smallest absolute Gasteiger partial charge is 0.228 e. The molecule has 26 heavy (non-hydrogen) atoms. The fourth-order valence-corrected chi connectivity index (χ4v) is 2.83. The molecule has 3 heterocycles. The van der Waals surface area contributed by atoms with Gasteiger partial charge < -0.3 is 20.7 Å². The summed E-state index contributed by atoms with van der Waals surface area (Å²) in [5.74, 6) is 1.39. The molecule has 1 fully saturated rings. The lowest BCUT2D eigenvalue weighted by atomic mass is 10.1. The second kappa shape index (κ2) is 7.37. The third-order valence-electron chi connectivity index (χ3n) is 4.12. The summed E-state index contributed by atoms with van der Waals surface area (Å²) in [5.41, 5.74) is 9.30. The van der Waals surface area contributed by atoms with Crippen molar-refractivity contribution in [3.05, 3.63) is 54.9 Å². The van der Waals surface area contributed by atoms with Crippen molar-refractivity contribution >= 4 is 23.1 Å². The number of nitrogens with two attached hydrogens (primary N) is 1. The van der Waals surface area contributed by atoms with Gasteiger partial charge in [-0.3, -0.25) is 4.98 Å². The molecule has 7 heteroatoms. The Morgan fingerprint density at radius 3 is 2.69 bits per heavy atom. The third kappa shape index (κ3) is 3.73. The molecule has 7 nitrogen and oxygen atoms in total. The van der Waals surface area contributed by atoms with E-state index in [4.69, 9.17) is 15.5 Å². The molecule has 0 spiro atoms. The molecular formula is C19H20N6O. The molecule has 4 rings (SSSR count). The van der Waals surface area contributed by atoms with E-state index in [1.54, 1.807) is 12.4 Å². The fourth-order valence-electron chi connectivity index (χ4n) is 2.83. The lowest BCUT2D eigenvalue weighted by Gasteiger charge is -2.27. The van der Waals surface area contributed by atoms with Crippen LogP contribution in [0.3, 0.4) is 0 Å². The van der Waals surface area contributed by atoms with Gasteiger partial charge in [0.1, 0.15) is 5.82 Å². The van der Waals surface area contributed by atoms with Crippen molar-refractivity contribution in [2.45, 2.75) is 0 Å².